The first kappa shape index (κ1) is 18.0. The molecule has 1 aliphatic heterocycles. The van der Waals surface area contributed by atoms with Gasteiger partial charge in [0.05, 0.1) is 18.8 Å². The predicted octanol–water partition coefficient (Wildman–Crippen LogP) is 1.98. The summed E-state index contributed by atoms with van der Waals surface area (Å²) in [6.07, 6.45) is -4.54. The average molecular weight is 349 g/mol. The minimum atomic E-state index is -4.54. The van der Waals surface area contributed by atoms with E-state index in [0.29, 0.717) is 26.3 Å². The van der Waals surface area contributed by atoms with Crippen molar-refractivity contribution in [1.82, 2.24) is 10.2 Å². The van der Waals surface area contributed by atoms with Crippen LogP contribution in [-0.2, 0) is 4.74 Å². The fourth-order valence-electron chi connectivity index (χ4n) is 2.06. The van der Waals surface area contributed by atoms with Crippen LogP contribution in [0.1, 0.15) is 10.4 Å². The first-order valence-electron chi connectivity index (χ1n) is 7.04. The Morgan fingerprint density at radius 3 is 2.46 bits per heavy atom. The Morgan fingerprint density at radius 1 is 1.21 bits per heavy atom. The third-order valence-corrected chi connectivity index (χ3v) is 3.21. The average Bonchev–Trinajstić information content (AvgIpc) is 2.53. The molecule has 24 heavy (non-hydrogen) atoms. The number of ether oxygens (including phenoxy) is 1. The van der Waals surface area contributed by atoms with Crippen molar-refractivity contribution in [3.05, 3.63) is 29.6 Å². The van der Waals surface area contributed by atoms with Crippen LogP contribution >= 0.6 is 0 Å². The molecule has 0 aromatic heterocycles. The van der Waals surface area contributed by atoms with Crippen molar-refractivity contribution < 1.29 is 31.9 Å². The molecule has 1 aromatic carbocycles. The van der Waals surface area contributed by atoms with E-state index >= 15 is 0 Å². The molecule has 3 amide bonds. The summed E-state index contributed by atoms with van der Waals surface area (Å²) in [6.45, 7) is -0.0795. The molecule has 0 spiro atoms. The number of carbonyl (C=O) groups is 2. The Labute approximate surface area is 134 Å². The van der Waals surface area contributed by atoms with E-state index in [0.717, 1.165) is 6.07 Å². The van der Waals surface area contributed by atoms with Gasteiger partial charge in [-0.05, 0) is 18.2 Å². The highest BCUT2D eigenvalue weighted by Gasteiger charge is 2.27. The number of nitrogens with zero attached hydrogens (tertiary/aromatic N) is 1. The lowest BCUT2D eigenvalue weighted by Crippen LogP contribution is -2.41. The monoisotopic (exact) mass is 349 g/mol. The predicted molar refractivity (Wildman–Crippen MR) is 76.2 cm³/mol. The minimum absolute atomic E-state index is 0.0642. The van der Waals surface area contributed by atoms with Crippen LogP contribution in [0.2, 0.25) is 0 Å². The number of rotatable bonds is 3. The smallest absolute Gasteiger partial charge is 0.378 e. The fraction of sp³-hybridized carbons (Fsp3) is 0.429. The van der Waals surface area contributed by atoms with Gasteiger partial charge in [0.2, 0.25) is 0 Å². The zero-order valence-electron chi connectivity index (χ0n) is 12.5. The van der Waals surface area contributed by atoms with Gasteiger partial charge in [0, 0.05) is 18.8 Å². The van der Waals surface area contributed by atoms with E-state index in [2.05, 4.69) is 5.32 Å². The summed E-state index contributed by atoms with van der Waals surface area (Å²) in [5, 5.41) is 3.66. The molecule has 1 aliphatic rings. The molecule has 0 atom stereocenters. The maximum atomic E-state index is 14.1. The second kappa shape index (κ2) is 7.47. The van der Waals surface area contributed by atoms with Crippen molar-refractivity contribution in [1.29, 1.82) is 0 Å². The number of carbonyl (C=O) groups excluding carboxylic acids is 2. The third-order valence-electron chi connectivity index (χ3n) is 3.21. The highest BCUT2D eigenvalue weighted by Crippen LogP contribution is 2.17. The molecule has 0 radical (unpaired) electrons. The maximum absolute atomic E-state index is 14.1. The van der Waals surface area contributed by atoms with E-state index < -0.39 is 30.5 Å². The van der Waals surface area contributed by atoms with Gasteiger partial charge in [-0.1, -0.05) is 0 Å². The SMILES string of the molecule is O=C(NCC(F)(F)F)Nc1ccc(C(=O)N2CCOCC2)c(F)c1. The second-order valence-corrected chi connectivity index (χ2v) is 5.02. The van der Waals surface area contributed by atoms with Crippen LogP contribution in [0.25, 0.3) is 0 Å². The Hall–Kier alpha value is -2.36. The molecular weight excluding hydrogens is 334 g/mol. The highest BCUT2D eigenvalue weighted by molar-refractivity contribution is 5.96. The normalized spacial score (nSPS) is 15.1. The summed E-state index contributed by atoms with van der Waals surface area (Å²) in [6, 6.07) is 2.16. The molecule has 10 heteroatoms. The van der Waals surface area contributed by atoms with E-state index in [1.54, 1.807) is 5.32 Å². The molecule has 0 saturated carbocycles. The molecule has 132 valence electrons. The zero-order chi connectivity index (χ0) is 17.7. The van der Waals surface area contributed by atoms with Gasteiger partial charge < -0.3 is 20.3 Å². The molecule has 1 aromatic rings. The summed E-state index contributed by atoms with van der Waals surface area (Å²) in [7, 11) is 0. The van der Waals surface area contributed by atoms with Gasteiger partial charge in [-0.25, -0.2) is 9.18 Å². The van der Waals surface area contributed by atoms with Crippen LogP contribution in [0.3, 0.4) is 0 Å². The van der Waals surface area contributed by atoms with Crippen molar-refractivity contribution in [2.24, 2.45) is 0 Å². The number of alkyl halides is 3. The summed E-state index contributed by atoms with van der Waals surface area (Å²) < 4.78 is 55.1. The number of nitrogens with one attached hydrogen (secondary N) is 2. The van der Waals surface area contributed by atoms with Crippen molar-refractivity contribution >= 4 is 17.6 Å². The zero-order valence-corrected chi connectivity index (χ0v) is 12.5. The van der Waals surface area contributed by atoms with E-state index in [1.807, 2.05) is 0 Å². The van der Waals surface area contributed by atoms with E-state index in [-0.39, 0.29) is 11.3 Å². The first-order chi connectivity index (χ1) is 11.3. The Morgan fingerprint density at radius 2 is 1.88 bits per heavy atom. The minimum Gasteiger partial charge on any atom is -0.378 e. The Bertz CT molecular complexity index is 616. The summed E-state index contributed by atoms with van der Waals surface area (Å²) in [4.78, 5) is 24.9. The molecule has 6 nitrogen and oxygen atoms in total. The molecule has 1 fully saturated rings. The van der Waals surface area contributed by atoms with Crippen molar-refractivity contribution in [2.45, 2.75) is 6.18 Å². The quantitative estimate of drug-likeness (QED) is 0.820. The van der Waals surface area contributed by atoms with Crippen molar-refractivity contribution in [3.63, 3.8) is 0 Å². The Balaban J connectivity index is 1.98. The van der Waals surface area contributed by atoms with Crippen LogP contribution in [0.15, 0.2) is 18.2 Å². The number of amides is 3. The van der Waals surface area contributed by atoms with E-state index in [4.69, 9.17) is 4.74 Å². The molecule has 0 unspecified atom stereocenters. The molecular formula is C14H15F4N3O3. The topological polar surface area (TPSA) is 70.7 Å². The number of hydrogen-bond donors (Lipinski definition) is 2. The number of urea groups is 1. The standard InChI is InChI=1S/C14H15F4N3O3/c15-11-7-9(20-13(23)19-8-14(16,17)18)1-2-10(11)12(22)21-3-5-24-6-4-21/h1-2,7H,3-6,8H2,(H2,19,20,23). The number of morpholine rings is 1. The molecule has 1 heterocycles. The van der Waals surface area contributed by atoms with Gasteiger partial charge in [0.15, 0.2) is 0 Å². The van der Waals surface area contributed by atoms with Gasteiger partial charge >= 0.3 is 12.2 Å². The maximum Gasteiger partial charge on any atom is 0.405 e. The van der Waals surface area contributed by atoms with Gasteiger partial charge in [-0.3, -0.25) is 4.79 Å². The number of anilines is 1. The number of hydrogen-bond acceptors (Lipinski definition) is 3. The van der Waals surface area contributed by atoms with Crippen molar-refractivity contribution in [3.8, 4) is 0 Å². The van der Waals surface area contributed by atoms with E-state index in [1.165, 1.54) is 17.0 Å². The molecule has 0 bridgehead atoms. The van der Waals surface area contributed by atoms with Crippen LogP contribution in [0.4, 0.5) is 28.0 Å². The van der Waals surface area contributed by atoms with Crippen LogP contribution in [-0.4, -0.2) is 55.9 Å². The lowest BCUT2D eigenvalue weighted by Gasteiger charge is -2.27. The fourth-order valence-corrected chi connectivity index (χ4v) is 2.06. The summed E-state index contributed by atoms with van der Waals surface area (Å²) in [5.74, 6) is -1.39. The van der Waals surface area contributed by atoms with Crippen molar-refractivity contribution in [2.75, 3.05) is 38.2 Å². The Kier molecular flexibility index (Phi) is 5.60. The number of halogens is 4. The van der Waals surface area contributed by atoms with E-state index in [9.17, 15) is 27.2 Å². The first-order valence-corrected chi connectivity index (χ1v) is 7.04. The largest absolute Gasteiger partial charge is 0.405 e. The van der Waals surface area contributed by atoms with Crippen LogP contribution < -0.4 is 10.6 Å². The summed E-state index contributed by atoms with van der Waals surface area (Å²) in [5.41, 5.74) is -0.246. The van der Waals surface area contributed by atoms with Gasteiger partial charge in [-0.15, -0.1) is 0 Å². The lowest BCUT2D eigenvalue weighted by atomic mass is 10.1. The van der Waals surface area contributed by atoms with Crippen LogP contribution in [0.5, 0.6) is 0 Å². The van der Waals surface area contributed by atoms with Crippen LogP contribution in [0, 0.1) is 5.82 Å². The lowest BCUT2D eigenvalue weighted by molar-refractivity contribution is -0.122. The molecule has 1 saturated heterocycles. The molecule has 0 aliphatic carbocycles. The van der Waals surface area contributed by atoms with Gasteiger partial charge in [-0.2, -0.15) is 13.2 Å². The van der Waals surface area contributed by atoms with Gasteiger partial charge in [0.25, 0.3) is 5.91 Å². The third kappa shape index (κ3) is 5.08. The number of benzene rings is 1. The second-order valence-electron chi connectivity index (χ2n) is 5.02. The summed E-state index contributed by atoms with van der Waals surface area (Å²) >= 11 is 0. The van der Waals surface area contributed by atoms with Gasteiger partial charge in [0.1, 0.15) is 12.4 Å². The molecule has 2 rings (SSSR count). The molecule has 2 N–H and O–H groups in total. The highest BCUT2D eigenvalue weighted by atomic mass is 19.4.